The molecule has 34 heavy (non-hydrogen) atoms. The minimum atomic E-state index is -0.260. The van der Waals surface area contributed by atoms with Gasteiger partial charge in [-0.1, -0.05) is 26.0 Å². The number of ether oxygens (including phenoxy) is 2. The van der Waals surface area contributed by atoms with Gasteiger partial charge in [0.1, 0.15) is 0 Å². The van der Waals surface area contributed by atoms with Gasteiger partial charge in [-0.15, -0.1) is 0 Å². The molecule has 2 aromatic carbocycles. The second kappa shape index (κ2) is 9.93. The van der Waals surface area contributed by atoms with Crippen LogP contribution in [0.4, 0.5) is 5.69 Å². The van der Waals surface area contributed by atoms with E-state index in [0.29, 0.717) is 47.9 Å². The summed E-state index contributed by atoms with van der Waals surface area (Å²) >= 11 is 0. The smallest absolute Gasteiger partial charge is 0.257 e. The molecule has 0 unspecified atom stereocenters. The third-order valence-corrected chi connectivity index (χ3v) is 5.59. The zero-order valence-corrected chi connectivity index (χ0v) is 19.3. The molecule has 0 saturated heterocycles. The third kappa shape index (κ3) is 5.52. The maximum absolute atomic E-state index is 13.4. The van der Waals surface area contributed by atoms with Crippen molar-refractivity contribution in [3.05, 3.63) is 83.7 Å². The molecular weight excluding hydrogens is 432 g/mol. The summed E-state index contributed by atoms with van der Waals surface area (Å²) < 4.78 is 10.8. The highest BCUT2D eigenvalue weighted by Gasteiger charge is 2.26. The fraction of sp³-hybridized carbons (Fsp3) is 0.269. The molecule has 176 valence electrons. The van der Waals surface area contributed by atoms with Gasteiger partial charge in [-0.2, -0.15) is 0 Å². The third-order valence-electron chi connectivity index (χ3n) is 5.59. The summed E-state index contributed by atoms with van der Waals surface area (Å²) in [5.74, 6) is 0.853. The Bertz CT molecular complexity index is 1160. The van der Waals surface area contributed by atoms with Gasteiger partial charge in [0.2, 0.25) is 6.79 Å². The van der Waals surface area contributed by atoms with Gasteiger partial charge in [0.15, 0.2) is 11.5 Å². The number of carbonyl (C=O) groups excluding carboxylic acids is 2. The van der Waals surface area contributed by atoms with Crippen LogP contribution in [0.2, 0.25) is 0 Å². The van der Waals surface area contributed by atoms with Crippen molar-refractivity contribution in [3.63, 3.8) is 0 Å². The Morgan fingerprint density at radius 1 is 1.06 bits per heavy atom. The number of amides is 2. The Kier molecular flexibility index (Phi) is 6.79. The van der Waals surface area contributed by atoms with Crippen LogP contribution in [0.1, 0.15) is 40.1 Å². The zero-order chi connectivity index (χ0) is 24.1. The van der Waals surface area contributed by atoms with Gasteiger partial charge >= 0.3 is 0 Å². The van der Waals surface area contributed by atoms with Gasteiger partial charge in [0, 0.05) is 36.7 Å². The van der Waals surface area contributed by atoms with E-state index in [1.54, 1.807) is 41.4 Å². The minimum Gasteiger partial charge on any atom is -0.454 e. The van der Waals surface area contributed by atoms with Crippen LogP contribution < -0.4 is 20.5 Å². The number of hydrogen-bond donors (Lipinski definition) is 2. The number of hydrogen-bond acceptors (Lipinski definition) is 6. The average molecular weight is 461 g/mol. The Balaban J connectivity index is 1.49. The van der Waals surface area contributed by atoms with Crippen molar-refractivity contribution < 1.29 is 19.1 Å². The second-order valence-corrected chi connectivity index (χ2v) is 8.99. The van der Waals surface area contributed by atoms with Crippen molar-refractivity contribution in [2.75, 3.05) is 25.2 Å². The van der Waals surface area contributed by atoms with Gasteiger partial charge < -0.3 is 25.4 Å². The number of aromatic nitrogens is 1. The van der Waals surface area contributed by atoms with Crippen LogP contribution >= 0.6 is 0 Å². The maximum Gasteiger partial charge on any atom is 0.257 e. The number of nitrogens with two attached hydrogens (primary N) is 1. The van der Waals surface area contributed by atoms with E-state index in [2.05, 4.69) is 10.3 Å². The van der Waals surface area contributed by atoms with Gasteiger partial charge in [-0.25, -0.2) is 0 Å². The van der Waals surface area contributed by atoms with Crippen molar-refractivity contribution in [1.82, 2.24) is 9.88 Å². The number of pyridine rings is 1. The highest BCUT2D eigenvalue weighted by Crippen LogP contribution is 2.33. The summed E-state index contributed by atoms with van der Waals surface area (Å²) in [4.78, 5) is 31.6. The molecule has 1 aliphatic rings. The predicted octanol–water partition coefficient (Wildman–Crippen LogP) is 3.69. The lowest BCUT2D eigenvalue weighted by Gasteiger charge is -2.32. The minimum absolute atomic E-state index is 0.117. The van der Waals surface area contributed by atoms with Crippen LogP contribution in [0.25, 0.3) is 0 Å². The van der Waals surface area contributed by atoms with E-state index < -0.39 is 0 Å². The van der Waals surface area contributed by atoms with Crippen molar-refractivity contribution in [2.24, 2.45) is 11.1 Å². The number of anilines is 1. The van der Waals surface area contributed by atoms with Crippen LogP contribution in [0.15, 0.2) is 67.0 Å². The SMILES string of the molecule is CC(C)(CN)CN(Cc1ccc(NC(=O)c2cccnc2)cc1)C(=O)c1ccc2c(c1)OCO2. The molecule has 3 aromatic rings. The van der Waals surface area contributed by atoms with Crippen LogP contribution in [-0.4, -0.2) is 41.6 Å². The lowest BCUT2D eigenvalue weighted by molar-refractivity contribution is 0.0673. The van der Waals surface area contributed by atoms with E-state index in [0.717, 1.165) is 5.56 Å². The van der Waals surface area contributed by atoms with Gasteiger partial charge in [0.05, 0.1) is 5.56 Å². The van der Waals surface area contributed by atoms with E-state index in [4.69, 9.17) is 15.2 Å². The standard InChI is InChI=1S/C26H28N4O4/c1-26(2,15-27)16-30(25(32)19-7-10-22-23(12-19)34-17-33-22)14-18-5-8-21(9-6-18)29-24(31)20-4-3-11-28-13-20/h3-13H,14-17,27H2,1-2H3,(H,29,31). The highest BCUT2D eigenvalue weighted by molar-refractivity contribution is 6.04. The van der Waals surface area contributed by atoms with E-state index >= 15 is 0 Å². The van der Waals surface area contributed by atoms with Gasteiger partial charge in [-0.3, -0.25) is 14.6 Å². The molecule has 0 bridgehead atoms. The van der Waals surface area contributed by atoms with Crippen LogP contribution in [0.3, 0.4) is 0 Å². The fourth-order valence-corrected chi connectivity index (χ4v) is 3.61. The molecule has 3 N–H and O–H groups in total. The number of fused-ring (bicyclic) bond motifs is 1. The van der Waals surface area contributed by atoms with Crippen LogP contribution in [0, 0.1) is 5.41 Å². The molecule has 0 atom stereocenters. The van der Waals surface area contributed by atoms with E-state index in [-0.39, 0.29) is 24.0 Å². The Morgan fingerprint density at radius 2 is 1.82 bits per heavy atom. The monoisotopic (exact) mass is 460 g/mol. The van der Waals surface area contributed by atoms with E-state index in [1.807, 2.05) is 38.1 Å². The van der Waals surface area contributed by atoms with Crippen molar-refractivity contribution in [3.8, 4) is 11.5 Å². The normalized spacial score (nSPS) is 12.3. The fourth-order valence-electron chi connectivity index (χ4n) is 3.61. The van der Waals surface area contributed by atoms with Gasteiger partial charge in [-0.05, 0) is 60.0 Å². The van der Waals surface area contributed by atoms with Crippen molar-refractivity contribution >= 4 is 17.5 Å². The second-order valence-electron chi connectivity index (χ2n) is 8.99. The molecule has 8 heteroatoms. The molecule has 8 nitrogen and oxygen atoms in total. The largest absolute Gasteiger partial charge is 0.454 e. The first-order valence-corrected chi connectivity index (χ1v) is 11.0. The van der Waals surface area contributed by atoms with Crippen molar-refractivity contribution in [1.29, 1.82) is 0 Å². The molecular formula is C26H28N4O4. The topological polar surface area (TPSA) is 107 Å². The molecule has 0 fully saturated rings. The van der Waals surface area contributed by atoms with Crippen LogP contribution in [-0.2, 0) is 6.54 Å². The van der Waals surface area contributed by atoms with Crippen molar-refractivity contribution in [2.45, 2.75) is 20.4 Å². The summed E-state index contributed by atoms with van der Waals surface area (Å²) in [7, 11) is 0. The summed E-state index contributed by atoms with van der Waals surface area (Å²) in [6.07, 6.45) is 3.14. The Morgan fingerprint density at radius 3 is 2.53 bits per heavy atom. The molecule has 2 heterocycles. The number of rotatable bonds is 8. The lowest BCUT2D eigenvalue weighted by atomic mass is 9.92. The number of benzene rings is 2. The predicted molar refractivity (Wildman–Crippen MR) is 129 cm³/mol. The lowest BCUT2D eigenvalue weighted by Crippen LogP contribution is -2.41. The molecule has 2 amide bonds. The summed E-state index contributed by atoms with van der Waals surface area (Å²) in [5.41, 5.74) is 8.30. The molecule has 1 aromatic heterocycles. The average Bonchev–Trinajstić information content (AvgIpc) is 3.33. The first kappa shape index (κ1) is 23.3. The van der Waals surface area contributed by atoms with E-state index in [9.17, 15) is 9.59 Å². The first-order chi connectivity index (χ1) is 16.3. The highest BCUT2D eigenvalue weighted by atomic mass is 16.7. The molecule has 4 rings (SSSR count). The van der Waals surface area contributed by atoms with Gasteiger partial charge in [0.25, 0.3) is 11.8 Å². The molecule has 1 aliphatic heterocycles. The molecule has 0 spiro atoms. The Labute approximate surface area is 198 Å². The summed E-state index contributed by atoms with van der Waals surface area (Å²) in [6, 6.07) is 16.1. The molecule has 0 saturated carbocycles. The zero-order valence-electron chi connectivity index (χ0n) is 19.3. The van der Waals surface area contributed by atoms with E-state index in [1.165, 1.54) is 6.20 Å². The first-order valence-electron chi connectivity index (χ1n) is 11.0. The van der Waals surface area contributed by atoms with Crippen LogP contribution in [0.5, 0.6) is 11.5 Å². The number of nitrogens with one attached hydrogen (secondary N) is 1. The molecule has 0 aliphatic carbocycles. The quantitative estimate of drug-likeness (QED) is 0.531. The number of carbonyl (C=O) groups is 2. The summed E-state index contributed by atoms with van der Waals surface area (Å²) in [6.45, 7) is 5.54. The Hall–Kier alpha value is -3.91. The maximum atomic E-state index is 13.4. The number of nitrogens with zero attached hydrogens (tertiary/aromatic N) is 2. The summed E-state index contributed by atoms with van der Waals surface area (Å²) in [5, 5.41) is 2.86. The molecule has 0 radical (unpaired) electrons.